The Labute approximate surface area is 165 Å². The highest BCUT2D eigenvalue weighted by Gasteiger charge is 2.43. The average Bonchev–Trinajstić information content (AvgIpc) is 2.68. The van der Waals surface area contributed by atoms with Crippen molar-refractivity contribution in [1.82, 2.24) is 4.90 Å². The van der Waals surface area contributed by atoms with Gasteiger partial charge < -0.3 is 21.3 Å². The van der Waals surface area contributed by atoms with Crippen LogP contribution in [0.15, 0.2) is 34.3 Å². The van der Waals surface area contributed by atoms with Crippen LogP contribution < -0.4 is 21.3 Å². The number of carbonyl (C=O) groups excluding carboxylic acids is 1. The van der Waals surface area contributed by atoms with Crippen molar-refractivity contribution < 1.29 is 4.79 Å². The Morgan fingerprint density at radius 3 is 2.29 bits per heavy atom. The molecule has 1 saturated carbocycles. The SMILES string of the molecule is CC(=O)N1CCN(c2ccccc2N2C(N)=NC(N)=NC23CCCCC3)CC1. The molecule has 2 heterocycles. The molecule has 2 aliphatic heterocycles. The first-order valence-corrected chi connectivity index (χ1v) is 10.1. The van der Waals surface area contributed by atoms with E-state index in [1.54, 1.807) is 6.92 Å². The summed E-state index contributed by atoms with van der Waals surface area (Å²) in [5, 5.41) is 0. The van der Waals surface area contributed by atoms with Crippen LogP contribution in [0.4, 0.5) is 11.4 Å². The molecule has 1 aromatic rings. The lowest BCUT2D eigenvalue weighted by molar-refractivity contribution is -0.129. The maximum Gasteiger partial charge on any atom is 0.220 e. The quantitative estimate of drug-likeness (QED) is 0.805. The first-order chi connectivity index (χ1) is 13.5. The number of piperazine rings is 1. The van der Waals surface area contributed by atoms with E-state index in [0.717, 1.165) is 63.2 Å². The third-order valence-electron chi connectivity index (χ3n) is 6.04. The van der Waals surface area contributed by atoms with Crippen LogP contribution in [0, 0.1) is 0 Å². The van der Waals surface area contributed by atoms with Crippen molar-refractivity contribution in [3.05, 3.63) is 24.3 Å². The van der Waals surface area contributed by atoms with Crippen molar-refractivity contribution in [3.8, 4) is 0 Å². The van der Waals surface area contributed by atoms with Crippen LogP contribution in [0.5, 0.6) is 0 Å². The van der Waals surface area contributed by atoms with Gasteiger partial charge in [-0.15, -0.1) is 0 Å². The smallest absolute Gasteiger partial charge is 0.220 e. The zero-order valence-corrected chi connectivity index (χ0v) is 16.5. The van der Waals surface area contributed by atoms with E-state index in [9.17, 15) is 4.79 Å². The summed E-state index contributed by atoms with van der Waals surface area (Å²) >= 11 is 0. The average molecular weight is 384 g/mol. The van der Waals surface area contributed by atoms with E-state index in [2.05, 4.69) is 26.9 Å². The van der Waals surface area contributed by atoms with Crippen LogP contribution in [-0.2, 0) is 4.79 Å². The molecule has 8 heteroatoms. The maximum absolute atomic E-state index is 11.7. The van der Waals surface area contributed by atoms with Gasteiger partial charge in [-0.2, -0.15) is 4.99 Å². The summed E-state index contributed by atoms with van der Waals surface area (Å²) in [5.74, 6) is 0.804. The van der Waals surface area contributed by atoms with Gasteiger partial charge in [-0.1, -0.05) is 18.6 Å². The van der Waals surface area contributed by atoms with Gasteiger partial charge in [0.1, 0.15) is 5.66 Å². The minimum atomic E-state index is -0.453. The molecular formula is C20H29N7O. The van der Waals surface area contributed by atoms with Gasteiger partial charge in [-0.25, -0.2) is 4.99 Å². The van der Waals surface area contributed by atoms with Crippen molar-refractivity contribution in [2.75, 3.05) is 36.0 Å². The molecule has 0 unspecified atom stereocenters. The van der Waals surface area contributed by atoms with Crippen molar-refractivity contribution in [2.24, 2.45) is 21.5 Å². The van der Waals surface area contributed by atoms with Crippen molar-refractivity contribution in [1.29, 1.82) is 0 Å². The first-order valence-electron chi connectivity index (χ1n) is 10.1. The normalized spacial score (nSPS) is 22.1. The highest BCUT2D eigenvalue weighted by molar-refractivity contribution is 6.07. The number of rotatable bonds is 2. The highest BCUT2D eigenvalue weighted by Crippen LogP contribution is 2.42. The number of aliphatic imine (C=N–C) groups is 2. The van der Waals surface area contributed by atoms with Gasteiger partial charge in [0, 0.05) is 33.1 Å². The van der Waals surface area contributed by atoms with E-state index in [4.69, 9.17) is 16.5 Å². The van der Waals surface area contributed by atoms with E-state index in [0.29, 0.717) is 5.96 Å². The minimum absolute atomic E-state index is 0.131. The van der Waals surface area contributed by atoms with E-state index in [-0.39, 0.29) is 11.9 Å². The Kier molecular flexibility index (Phi) is 4.87. The third-order valence-corrected chi connectivity index (χ3v) is 6.04. The maximum atomic E-state index is 11.7. The lowest BCUT2D eigenvalue weighted by atomic mass is 9.87. The monoisotopic (exact) mass is 383 g/mol. The third kappa shape index (κ3) is 3.27. The molecule has 0 aromatic heterocycles. The number of guanidine groups is 2. The summed E-state index contributed by atoms with van der Waals surface area (Å²) < 4.78 is 0. The standard InChI is InChI=1S/C20H29N7O/c1-15(28)25-11-13-26(14-12-25)16-7-3-4-8-17(16)27-19(22)23-18(21)24-20(27)9-5-2-6-10-20/h3-4,7-8H,2,5-6,9-14H2,1H3,(H4,21,22,23,24). The van der Waals surface area contributed by atoms with Crippen molar-refractivity contribution in [2.45, 2.75) is 44.7 Å². The van der Waals surface area contributed by atoms with Gasteiger partial charge in [-0.05, 0) is 37.8 Å². The topological polar surface area (TPSA) is 104 Å². The number of hydrogen-bond acceptors (Lipinski definition) is 7. The second kappa shape index (κ2) is 7.33. The highest BCUT2D eigenvalue weighted by atomic mass is 16.2. The van der Waals surface area contributed by atoms with Gasteiger partial charge in [0.25, 0.3) is 0 Å². The number of para-hydroxylation sites is 2. The fourth-order valence-corrected chi connectivity index (χ4v) is 4.65. The van der Waals surface area contributed by atoms with Gasteiger partial charge in [0.2, 0.25) is 17.8 Å². The van der Waals surface area contributed by atoms with E-state index in [1.807, 2.05) is 17.0 Å². The molecule has 4 N–H and O–H groups in total. The van der Waals surface area contributed by atoms with Gasteiger partial charge in [-0.3, -0.25) is 9.69 Å². The number of anilines is 2. The van der Waals surface area contributed by atoms with Crippen LogP contribution in [0.1, 0.15) is 39.0 Å². The molecule has 8 nitrogen and oxygen atoms in total. The molecule has 1 saturated heterocycles. The summed E-state index contributed by atoms with van der Waals surface area (Å²) in [4.78, 5) is 27.0. The number of nitrogens with two attached hydrogens (primary N) is 2. The Balaban J connectivity index is 1.69. The molecule has 0 radical (unpaired) electrons. The zero-order valence-electron chi connectivity index (χ0n) is 16.5. The minimum Gasteiger partial charge on any atom is -0.369 e. The fraction of sp³-hybridized carbons (Fsp3) is 0.550. The Hall–Kier alpha value is -2.77. The van der Waals surface area contributed by atoms with Gasteiger partial charge in [0.05, 0.1) is 11.4 Å². The lowest BCUT2D eigenvalue weighted by Gasteiger charge is -2.47. The van der Waals surface area contributed by atoms with Crippen LogP contribution in [0.25, 0.3) is 0 Å². The number of amides is 1. The zero-order chi connectivity index (χ0) is 19.7. The first kappa shape index (κ1) is 18.6. The Morgan fingerprint density at radius 2 is 1.64 bits per heavy atom. The molecular weight excluding hydrogens is 354 g/mol. The molecule has 1 aliphatic carbocycles. The van der Waals surface area contributed by atoms with Gasteiger partial charge in [0.15, 0.2) is 0 Å². The number of nitrogens with zero attached hydrogens (tertiary/aromatic N) is 5. The van der Waals surface area contributed by atoms with E-state index >= 15 is 0 Å². The molecule has 3 aliphatic rings. The van der Waals surface area contributed by atoms with Crippen LogP contribution >= 0.6 is 0 Å². The van der Waals surface area contributed by atoms with Crippen LogP contribution in [0.2, 0.25) is 0 Å². The summed E-state index contributed by atoms with van der Waals surface area (Å²) in [6.07, 6.45) is 5.23. The Morgan fingerprint density at radius 1 is 1.00 bits per heavy atom. The molecule has 1 amide bonds. The molecule has 4 rings (SSSR count). The molecule has 2 fully saturated rings. The van der Waals surface area contributed by atoms with Crippen LogP contribution in [-0.4, -0.2) is 54.6 Å². The predicted octanol–water partition coefficient (Wildman–Crippen LogP) is 1.46. The molecule has 0 bridgehead atoms. The second-order valence-electron chi connectivity index (χ2n) is 7.80. The van der Waals surface area contributed by atoms with Gasteiger partial charge >= 0.3 is 0 Å². The number of hydrogen-bond donors (Lipinski definition) is 2. The lowest BCUT2D eigenvalue weighted by Crippen LogP contribution is -2.58. The summed E-state index contributed by atoms with van der Waals surface area (Å²) in [6, 6.07) is 8.27. The molecule has 0 atom stereocenters. The van der Waals surface area contributed by atoms with E-state index < -0.39 is 5.66 Å². The Bertz CT molecular complexity index is 805. The predicted molar refractivity (Wildman–Crippen MR) is 112 cm³/mol. The molecule has 1 aromatic carbocycles. The largest absolute Gasteiger partial charge is 0.369 e. The summed E-state index contributed by atoms with van der Waals surface area (Å²) in [6.45, 7) is 4.66. The van der Waals surface area contributed by atoms with Crippen molar-refractivity contribution in [3.63, 3.8) is 0 Å². The van der Waals surface area contributed by atoms with Crippen molar-refractivity contribution >= 4 is 29.2 Å². The van der Waals surface area contributed by atoms with E-state index in [1.165, 1.54) is 6.42 Å². The number of benzene rings is 1. The molecule has 1 spiro atoms. The molecule has 150 valence electrons. The number of carbonyl (C=O) groups is 1. The second-order valence-corrected chi connectivity index (χ2v) is 7.80. The fourth-order valence-electron chi connectivity index (χ4n) is 4.65. The summed E-state index contributed by atoms with van der Waals surface area (Å²) in [7, 11) is 0. The molecule has 28 heavy (non-hydrogen) atoms. The van der Waals surface area contributed by atoms with Crippen LogP contribution in [0.3, 0.4) is 0 Å². The summed E-state index contributed by atoms with van der Waals surface area (Å²) in [5.41, 5.74) is 14.1.